The zero-order chi connectivity index (χ0) is 18.5. The molecule has 4 aromatic heterocycles. The second kappa shape index (κ2) is 5.89. The van der Waals surface area contributed by atoms with Gasteiger partial charge in [-0.05, 0) is 23.8 Å². The molecule has 1 N–H and O–H groups in total. The molecule has 1 unspecified atom stereocenters. The smallest absolute Gasteiger partial charge is 0.406 e. The molecule has 0 bridgehead atoms. The fourth-order valence-electron chi connectivity index (χ4n) is 3.17. The molecule has 0 spiro atoms. The first-order valence-electron chi connectivity index (χ1n) is 8.32. The normalized spacial score (nSPS) is 13.0. The third-order valence-electron chi connectivity index (χ3n) is 4.41. The largest absolute Gasteiger partial charge is 0.440 e. The minimum atomic E-state index is -0.995. The van der Waals surface area contributed by atoms with Crippen molar-refractivity contribution in [3.8, 4) is 0 Å². The van der Waals surface area contributed by atoms with Gasteiger partial charge in [0, 0.05) is 4.88 Å². The summed E-state index contributed by atoms with van der Waals surface area (Å²) in [6.07, 6.45) is 4.73. The average molecular weight is 382 g/mol. The third kappa shape index (κ3) is 2.34. The molecule has 0 saturated heterocycles. The predicted octanol–water partition coefficient (Wildman–Crippen LogP) is 1.85. The van der Waals surface area contributed by atoms with E-state index >= 15 is 0 Å². The Morgan fingerprint density at radius 1 is 1.33 bits per heavy atom. The summed E-state index contributed by atoms with van der Waals surface area (Å²) in [5, 5.41) is 19.0. The highest BCUT2D eigenvalue weighted by Crippen LogP contribution is 2.31. The van der Waals surface area contributed by atoms with Gasteiger partial charge in [-0.3, -0.25) is 4.40 Å². The number of rotatable bonds is 4. The molecule has 27 heavy (non-hydrogen) atoms. The van der Waals surface area contributed by atoms with Crippen molar-refractivity contribution >= 4 is 27.3 Å². The zero-order valence-corrected chi connectivity index (χ0v) is 15.0. The van der Waals surface area contributed by atoms with Gasteiger partial charge in [-0.25, -0.2) is 9.78 Å². The van der Waals surface area contributed by atoms with Crippen LogP contribution in [0, 0.1) is 0 Å². The maximum atomic E-state index is 12.2. The van der Waals surface area contributed by atoms with Crippen molar-refractivity contribution in [2.45, 2.75) is 19.4 Å². The molecule has 0 aliphatic rings. The van der Waals surface area contributed by atoms with Crippen molar-refractivity contribution in [2.75, 3.05) is 0 Å². The fraction of sp³-hybridized carbons (Fsp3) is 0.176. The van der Waals surface area contributed by atoms with Crippen molar-refractivity contribution in [2.24, 2.45) is 0 Å². The van der Waals surface area contributed by atoms with E-state index in [0.717, 1.165) is 16.1 Å². The van der Waals surface area contributed by atoms with Gasteiger partial charge < -0.3 is 9.52 Å². The van der Waals surface area contributed by atoms with Gasteiger partial charge in [-0.15, -0.1) is 21.2 Å². The Bertz CT molecular complexity index is 1320. The second-order valence-corrected chi connectivity index (χ2v) is 7.09. The van der Waals surface area contributed by atoms with Gasteiger partial charge in [0.25, 0.3) is 0 Å². The number of aryl methyl sites for hydroxylation is 1. The number of thiazole rings is 1. The van der Waals surface area contributed by atoms with Crippen LogP contribution in [-0.4, -0.2) is 34.3 Å². The van der Waals surface area contributed by atoms with E-state index in [1.807, 2.05) is 11.3 Å². The first-order chi connectivity index (χ1) is 13.2. The number of imidazole rings is 1. The SMILES string of the molecule is CCc1sc2cncn2c1C(O)c1cn(-n2c(=O)oc3ccccc32)nn1. The molecular formula is C17H14N6O3S. The van der Waals surface area contributed by atoms with Gasteiger partial charge in [0.05, 0.1) is 18.1 Å². The van der Waals surface area contributed by atoms with Crippen molar-refractivity contribution in [3.63, 3.8) is 0 Å². The van der Waals surface area contributed by atoms with Crippen molar-refractivity contribution in [3.05, 3.63) is 69.8 Å². The lowest BCUT2D eigenvalue weighted by atomic mass is 10.1. The van der Waals surface area contributed by atoms with Gasteiger partial charge in [-0.2, -0.15) is 4.68 Å². The topological polar surface area (TPSA) is 103 Å². The molecule has 0 fully saturated rings. The molecule has 136 valence electrons. The van der Waals surface area contributed by atoms with E-state index in [1.165, 1.54) is 15.7 Å². The van der Waals surface area contributed by atoms with E-state index in [4.69, 9.17) is 4.42 Å². The predicted molar refractivity (Wildman–Crippen MR) is 97.8 cm³/mol. The van der Waals surface area contributed by atoms with Gasteiger partial charge in [-0.1, -0.05) is 19.1 Å². The van der Waals surface area contributed by atoms with Crippen molar-refractivity contribution in [1.29, 1.82) is 0 Å². The minimum absolute atomic E-state index is 0.329. The van der Waals surface area contributed by atoms with Crippen molar-refractivity contribution < 1.29 is 9.52 Å². The first kappa shape index (κ1) is 16.0. The number of aromatic nitrogens is 6. The van der Waals surface area contributed by atoms with Crippen LogP contribution in [0.25, 0.3) is 15.9 Å². The quantitative estimate of drug-likeness (QED) is 0.509. The summed E-state index contributed by atoms with van der Waals surface area (Å²) in [6, 6.07) is 7.04. The molecule has 1 atom stereocenters. The zero-order valence-electron chi connectivity index (χ0n) is 14.2. The number of hydrogen-bond donors (Lipinski definition) is 1. The molecule has 5 aromatic rings. The highest BCUT2D eigenvalue weighted by molar-refractivity contribution is 7.17. The summed E-state index contributed by atoms with van der Waals surface area (Å²) in [5.74, 6) is -0.580. The first-order valence-corrected chi connectivity index (χ1v) is 9.14. The molecule has 1 aromatic carbocycles. The summed E-state index contributed by atoms with van der Waals surface area (Å²) in [6.45, 7) is 2.03. The standard InChI is InChI=1S/C17H14N6O3S/c1-2-13-15(21-9-18-7-14(21)27-13)16(24)10-8-22(20-19-10)23-11-5-3-4-6-12(11)26-17(23)25/h3-9,16,24H,2H2,1H3. The number of fused-ring (bicyclic) bond motifs is 2. The number of oxazole rings is 1. The summed E-state index contributed by atoms with van der Waals surface area (Å²) < 4.78 is 8.34. The van der Waals surface area contributed by atoms with Crippen LogP contribution >= 0.6 is 11.3 Å². The molecule has 0 aliphatic heterocycles. The van der Waals surface area contributed by atoms with E-state index in [2.05, 4.69) is 15.3 Å². The summed E-state index contributed by atoms with van der Waals surface area (Å²) >= 11 is 1.58. The van der Waals surface area contributed by atoms with Crippen molar-refractivity contribution in [1.82, 2.24) is 29.2 Å². The number of hydrogen-bond acceptors (Lipinski definition) is 7. The maximum absolute atomic E-state index is 12.2. The Balaban J connectivity index is 1.62. The number of nitrogens with zero attached hydrogens (tertiary/aromatic N) is 6. The Hall–Kier alpha value is -3.24. The summed E-state index contributed by atoms with van der Waals surface area (Å²) in [5.41, 5.74) is 2.06. The molecule has 5 rings (SSSR count). The summed E-state index contributed by atoms with van der Waals surface area (Å²) in [4.78, 5) is 19.6. The van der Waals surface area contributed by atoms with Gasteiger partial charge >= 0.3 is 5.76 Å². The molecule has 0 radical (unpaired) electrons. The van der Waals surface area contributed by atoms with Crippen LogP contribution in [-0.2, 0) is 6.42 Å². The Kier molecular flexibility index (Phi) is 3.49. The number of benzene rings is 1. The van der Waals surface area contributed by atoms with Crippen LogP contribution in [0.5, 0.6) is 0 Å². The van der Waals surface area contributed by atoms with Crippen LogP contribution in [0.3, 0.4) is 0 Å². The van der Waals surface area contributed by atoms with Crippen LogP contribution < -0.4 is 5.76 Å². The van der Waals surface area contributed by atoms with Crippen LogP contribution in [0.15, 0.2) is 52.2 Å². The van der Waals surface area contributed by atoms with E-state index in [-0.39, 0.29) is 0 Å². The average Bonchev–Trinajstić information content (AvgIpc) is 3.42. The summed E-state index contributed by atoms with van der Waals surface area (Å²) in [7, 11) is 0. The van der Waals surface area contributed by atoms with E-state index in [9.17, 15) is 9.90 Å². The molecule has 0 aliphatic carbocycles. The number of aliphatic hydroxyl groups excluding tert-OH is 1. The molecule has 4 heterocycles. The van der Waals surface area contributed by atoms with E-state index in [1.54, 1.807) is 48.1 Å². The molecule has 0 saturated carbocycles. The highest BCUT2D eigenvalue weighted by Gasteiger charge is 2.24. The third-order valence-corrected chi connectivity index (χ3v) is 5.66. The lowest BCUT2D eigenvalue weighted by Gasteiger charge is -2.08. The number of para-hydroxylation sites is 2. The Morgan fingerprint density at radius 3 is 3.04 bits per heavy atom. The van der Waals surface area contributed by atoms with Gasteiger partial charge in [0.15, 0.2) is 5.58 Å². The number of aliphatic hydroxyl groups is 1. The highest BCUT2D eigenvalue weighted by atomic mass is 32.1. The van der Waals surface area contributed by atoms with E-state index in [0.29, 0.717) is 22.5 Å². The minimum Gasteiger partial charge on any atom is -0.406 e. The second-order valence-electron chi connectivity index (χ2n) is 5.98. The van der Waals surface area contributed by atoms with Gasteiger partial charge in [0.1, 0.15) is 28.5 Å². The van der Waals surface area contributed by atoms with E-state index < -0.39 is 11.9 Å². The lowest BCUT2D eigenvalue weighted by Crippen LogP contribution is -2.22. The molecule has 0 amide bonds. The van der Waals surface area contributed by atoms with Crippen LogP contribution in [0.1, 0.15) is 29.3 Å². The van der Waals surface area contributed by atoms with Crippen LogP contribution in [0.2, 0.25) is 0 Å². The lowest BCUT2D eigenvalue weighted by molar-refractivity contribution is 0.208. The Labute approximate surface area is 155 Å². The monoisotopic (exact) mass is 382 g/mol. The maximum Gasteiger partial charge on any atom is 0.440 e. The molecule has 10 heteroatoms. The molecule has 9 nitrogen and oxygen atoms in total. The molecular weight excluding hydrogens is 368 g/mol. The van der Waals surface area contributed by atoms with Gasteiger partial charge in [0.2, 0.25) is 0 Å². The Morgan fingerprint density at radius 2 is 2.19 bits per heavy atom. The fourth-order valence-corrected chi connectivity index (χ4v) is 4.24. The van der Waals surface area contributed by atoms with Crippen LogP contribution in [0.4, 0.5) is 0 Å².